The summed E-state index contributed by atoms with van der Waals surface area (Å²) in [5.74, 6) is -0.804. The van der Waals surface area contributed by atoms with E-state index < -0.39 is 5.82 Å². The number of halogens is 1. The number of hydrogen-bond donors (Lipinski definition) is 1. The summed E-state index contributed by atoms with van der Waals surface area (Å²) in [6, 6.07) is 10.2. The van der Waals surface area contributed by atoms with Crippen LogP contribution in [0.2, 0.25) is 0 Å². The Hall–Kier alpha value is -1.68. The Morgan fingerprint density at radius 2 is 2.05 bits per heavy atom. The summed E-state index contributed by atoms with van der Waals surface area (Å²) in [5.41, 5.74) is 0.208. The van der Waals surface area contributed by atoms with Crippen LogP contribution in [0.25, 0.3) is 0 Å². The van der Waals surface area contributed by atoms with E-state index >= 15 is 0 Å². The van der Waals surface area contributed by atoms with Gasteiger partial charge in [-0.25, -0.2) is 4.39 Å². The predicted octanol–water partition coefficient (Wildman–Crippen LogP) is 3.35. The third kappa shape index (κ3) is 2.40. The number of thiophene rings is 1. The number of benzene rings is 1. The largest absolute Gasteiger partial charge is 0.351 e. The minimum Gasteiger partial charge on any atom is -0.351 e. The smallest absolute Gasteiger partial charge is 0.254 e. The first-order chi connectivity index (χ1) is 9.21. The van der Waals surface area contributed by atoms with Gasteiger partial charge in [0.2, 0.25) is 0 Å². The summed E-state index contributed by atoms with van der Waals surface area (Å²) in [4.78, 5) is 13.3. The maximum absolute atomic E-state index is 13.5. The van der Waals surface area contributed by atoms with Crippen LogP contribution in [0, 0.1) is 5.82 Å². The Morgan fingerprint density at radius 3 is 2.68 bits per heavy atom. The van der Waals surface area contributed by atoms with Crippen LogP contribution in [0.1, 0.15) is 28.1 Å². The molecule has 1 fully saturated rings. The molecule has 1 heterocycles. The van der Waals surface area contributed by atoms with Crippen molar-refractivity contribution in [1.29, 1.82) is 0 Å². The van der Waals surface area contributed by atoms with E-state index in [2.05, 4.69) is 11.4 Å². The molecule has 4 heteroatoms. The minimum absolute atomic E-state index is 0.0923. The Balaban J connectivity index is 1.68. The standard InChI is InChI=1S/C15H14FNOS/c16-12-5-2-1-4-11(12)14(18)17-10-15(7-8-15)13-6-3-9-19-13/h1-6,9H,7-8,10H2,(H,17,18). The summed E-state index contributed by atoms with van der Waals surface area (Å²) in [5, 5.41) is 4.91. The Morgan fingerprint density at radius 1 is 1.26 bits per heavy atom. The highest BCUT2D eigenvalue weighted by Gasteiger charge is 2.45. The number of hydrogen-bond acceptors (Lipinski definition) is 2. The molecule has 1 aliphatic carbocycles. The molecule has 0 spiro atoms. The van der Waals surface area contributed by atoms with Crippen LogP contribution in [0.3, 0.4) is 0 Å². The summed E-state index contributed by atoms with van der Waals surface area (Å²) >= 11 is 1.72. The van der Waals surface area contributed by atoms with E-state index in [1.54, 1.807) is 23.5 Å². The van der Waals surface area contributed by atoms with Crippen molar-refractivity contribution in [2.24, 2.45) is 0 Å². The SMILES string of the molecule is O=C(NCC1(c2cccs2)CC1)c1ccccc1F. The van der Waals surface area contributed by atoms with Crippen molar-refractivity contribution in [1.82, 2.24) is 5.32 Å². The van der Waals surface area contributed by atoms with Gasteiger partial charge in [-0.15, -0.1) is 11.3 Å². The molecule has 3 rings (SSSR count). The van der Waals surface area contributed by atoms with Crippen LogP contribution < -0.4 is 5.32 Å². The van der Waals surface area contributed by atoms with Gasteiger partial charge in [-0.3, -0.25) is 4.79 Å². The third-order valence-electron chi connectivity index (χ3n) is 3.60. The van der Waals surface area contributed by atoms with Gasteiger partial charge in [0.25, 0.3) is 5.91 Å². The second-order valence-electron chi connectivity index (χ2n) is 4.92. The van der Waals surface area contributed by atoms with Gasteiger partial charge in [-0.1, -0.05) is 18.2 Å². The van der Waals surface area contributed by atoms with Crippen LogP contribution in [0.5, 0.6) is 0 Å². The Bertz CT molecular complexity index is 590. The lowest BCUT2D eigenvalue weighted by atomic mass is 10.1. The molecule has 1 aromatic heterocycles. The lowest BCUT2D eigenvalue weighted by molar-refractivity contribution is 0.0946. The van der Waals surface area contributed by atoms with E-state index in [0.29, 0.717) is 6.54 Å². The molecule has 98 valence electrons. The summed E-state index contributed by atoms with van der Waals surface area (Å²) in [6.45, 7) is 0.584. The van der Waals surface area contributed by atoms with Crippen LogP contribution in [-0.2, 0) is 5.41 Å². The predicted molar refractivity (Wildman–Crippen MR) is 74.0 cm³/mol. The zero-order valence-electron chi connectivity index (χ0n) is 10.4. The molecule has 0 atom stereocenters. The average Bonchev–Trinajstić information content (AvgIpc) is 3.00. The summed E-state index contributed by atoms with van der Waals surface area (Å²) < 4.78 is 13.5. The summed E-state index contributed by atoms with van der Waals surface area (Å²) in [7, 11) is 0. The molecule has 1 aliphatic rings. The third-order valence-corrected chi connectivity index (χ3v) is 4.72. The molecule has 2 nitrogen and oxygen atoms in total. The van der Waals surface area contributed by atoms with Gasteiger partial charge in [-0.2, -0.15) is 0 Å². The van der Waals surface area contributed by atoms with E-state index in [0.717, 1.165) is 12.8 Å². The Kier molecular flexibility index (Phi) is 3.11. The number of rotatable bonds is 4. The van der Waals surface area contributed by atoms with Crippen LogP contribution in [0.4, 0.5) is 4.39 Å². The highest BCUT2D eigenvalue weighted by atomic mass is 32.1. The van der Waals surface area contributed by atoms with E-state index in [1.165, 1.54) is 17.0 Å². The molecule has 0 radical (unpaired) electrons. The molecule has 1 saturated carbocycles. The van der Waals surface area contributed by atoms with Crippen molar-refractivity contribution >= 4 is 17.2 Å². The molecular formula is C15H14FNOS. The first-order valence-corrected chi connectivity index (χ1v) is 7.16. The molecule has 1 amide bonds. The number of carbonyl (C=O) groups excluding carboxylic acids is 1. The molecule has 1 aromatic carbocycles. The lowest BCUT2D eigenvalue weighted by Gasteiger charge is -2.14. The van der Waals surface area contributed by atoms with Gasteiger partial charge in [0.15, 0.2) is 0 Å². The second-order valence-corrected chi connectivity index (χ2v) is 5.87. The maximum Gasteiger partial charge on any atom is 0.254 e. The van der Waals surface area contributed by atoms with Gasteiger partial charge in [0.05, 0.1) is 5.56 Å². The number of nitrogens with one attached hydrogen (secondary N) is 1. The van der Waals surface area contributed by atoms with Gasteiger partial charge < -0.3 is 5.32 Å². The molecule has 0 unspecified atom stereocenters. The van der Waals surface area contributed by atoms with Gasteiger partial charge in [0, 0.05) is 16.8 Å². The van der Waals surface area contributed by atoms with Crippen molar-refractivity contribution in [2.45, 2.75) is 18.3 Å². The van der Waals surface area contributed by atoms with Crippen LogP contribution >= 0.6 is 11.3 Å². The zero-order chi connectivity index (χ0) is 13.3. The zero-order valence-corrected chi connectivity index (χ0v) is 11.2. The highest BCUT2D eigenvalue weighted by molar-refractivity contribution is 7.10. The first kappa shape index (κ1) is 12.4. The highest BCUT2D eigenvalue weighted by Crippen LogP contribution is 2.49. The normalized spacial score (nSPS) is 16.1. The topological polar surface area (TPSA) is 29.1 Å². The van der Waals surface area contributed by atoms with Crippen molar-refractivity contribution in [3.8, 4) is 0 Å². The lowest BCUT2D eigenvalue weighted by Crippen LogP contribution is -2.32. The summed E-state index contributed by atoms with van der Waals surface area (Å²) in [6.07, 6.45) is 2.18. The second kappa shape index (κ2) is 4.78. The number of amides is 1. The van der Waals surface area contributed by atoms with E-state index in [4.69, 9.17) is 0 Å². The van der Waals surface area contributed by atoms with Crippen LogP contribution in [-0.4, -0.2) is 12.5 Å². The molecule has 2 aromatic rings. The fourth-order valence-electron chi connectivity index (χ4n) is 2.23. The molecule has 19 heavy (non-hydrogen) atoms. The van der Waals surface area contributed by atoms with Crippen molar-refractivity contribution in [3.05, 3.63) is 58.0 Å². The van der Waals surface area contributed by atoms with E-state index in [1.807, 2.05) is 11.4 Å². The fraction of sp³-hybridized carbons (Fsp3) is 0.267. The molecular weight excluding hydrogens is 261 g/mol. The van der Waals surface area contributed by atoms with Crippen molar-refractivity contribution in [3.63, 3.8) is 0 Å². The van der Waals surface area contributed by atoms with Crippen molar-refractivity contribution in [2.75, 3.05) is 6.54 Å². The van der Waals surface area contributed by atoms with Gasteiger partial charge >= 0.3 is 0 Å². The Labute approximate surface area is 115 Å². The molecule has 0 bridgehead atoms. The average molecular weight is 275 g/mol. The van der Waals surface area contributed by atoms with Gasteiger partial charge in [-0.05, 0) is 36.4 Å². The quantitative estimate of drug-likeness (QED) is 0.911. The van der Waals surface area contributed by atoms with E-state index in [9.17, 15) is 9.18 Å². The first-order valence-electron chi connectivity index (χ1n) is 6.28. The molecule has 0 saturated heterocycles. The maximum atomic E-state index is 13.5. The molecule has 0 aliphatic heterocycles. The van der Waals surface area contributed by atoms with Crippen molar-refractivity contribution < 1.29 is 9.18 Å². The monoisotopic (exact) mass is 275 g/mol. The minimum atomic E-state index is -0.471. The van der Waals surface area contributed by atoms with Gasteiger partial charge in [0.1, 0.15) is 5.82 Å². The van der Waals surface area contributed by atoms with E-state index in [-0.39, 0.29) is 16.9 Å². The fourth-order valence-corrected chi connectivity index (χ4v) is 3.22. The molecule has 1 N–H and O–H groups in total. The van der Waals surface area contributed by atoms with Crippen LogP contribution in [0.15, 0.2) is 41.8 Å². The number of carbonyl (C=O) groups is 1.